The summed E-state index contributed by atoms with van der Waals surface area (Å²) in [4.78, 5) is 4.44. The lowest BCUT2D eigenvalue weighted by atomic mass is 9.78. The van der Waals surface area contributed by atoms with Crippen LogP contribution in [0.15, 0.2) is 6.33 Å². The fourth-order valence-electron chi connectivity index (χ4n) is 2.13. The molecule has 0 aliphatic carbocycles. The van der Waals surface area contributed by atoms with Crippen LogP contribution in [0.2, 0.25) is 0 Å². The largest absolute Gasteiger partial charge is 0.314 e. The van der Waals surface area contributed by atoms with Crippen molar-refractivity contribution >= 4 is 0 Å². The van der Waals surface area contributed by atoms with Crippen LogP contribution in [0.25, 0.3) is 0 Å². The van der Waals surface area contributed by atoms with E-state index in [9.17, 15) is 0 Å². The highest BCUT2D eigenvalue weighted by Gasteiger charge is 2.26. The highest BCUT2D eigenvalue weighted by atomic mass is 15.3. The molecule has 1 N–H and O–H groups in total. The Balaban J connectivity index is 2.73. The molecule has 1 heterocycles. The van der Waals surface area contributed by atoms with Crippen LogP contribution in [0.5, 0.6) is 0 Å². The van der Waals surface area contributed by atoms with Crippen molar-refractivity contribution in [2.45, 2.75) is 67.0 Å². The Morgan fingerprint density at radius 1 is 1.32 bits per heavy atom. The fraction of sp³-hybridized carbons (Fsp3) is 0.867. The Kier molecular flexibility index (Phi) is 5.98. The molecule has 19 heavy (non-hydrogen) atoms. The Labute approximate surface area is 118 Å². The van der Waals surface area contributed by atoms with Gasteiger partial charge in [-0.2, -0.15) is 5.10 Å². The topological polar surface area (TPSA) is 42.7 Å². The summed E-state index contributed by atoms with van der Waals surface area (Å²) in [5.41, 5.74) is 0.269. The lowest BCUT2D eigenvalue weighted by Crippen LogP contribution is -2.37. The van der Waals surface area contributed by atoms with Crippen LogP contribution < -0.4 is 5.32 Å². The third-order valence-corrected chi connectivity index (χ3v) is 3.56. The van der Waals surface area contributed by atoms with Crippen molar-refractivity contribution in [1.82, 2.24) is 20.1 Å². The maximum absolute atomic E-state index is 4.44. The van der Waals surface area contributed by atoms with Gasteiger partial charge in [0.15, 0.2) is 0 Å². The van der Waals surface area contributed by atoms with E-state index in [0.29, 0.717) is 12.0 Å². The van der Waals surface area contributed by atoms with Gasteiger partial charge in [0.2, 0.25) is 0 Å². The molecule has 1 aromatic heterocycles. The predicted molar refractivity (Wildman–Crippen MR) is 80.1 cm³/mol. The molecule has 4 heteroatoms. The number of aromatic nitrogens is 3. The van der Waals surface area contributed by atoms with Gasteiger partial charge in [0.1, 0.15) is 12.2 Å². The van der Waals surface area contributed by atoms with Gasteiger partial charge in [-0.25, -0.2) is 4.98 Å². The number of nitrogens with zero attached hydrogens (tertiary/aromatic N) is 3. The molecule has 1 rings (SSSR count). The monoisotopic (exact) mass is 266 g/mol. The molecule has 0 amide bonds. The molecule has 0 bridgehead atoms. The molecule has 0 fully saturated rings. The van der Waals surface area contributed by atoms with Gasteiger partial charge in [-0.3, -0.25) is 4.68 Å². The smallest absolute Gasteiger partial charge is 0.138 e. The summed E-state index contributed by atoms with van der Waals surface area (Å²) in [6.45, 7) is 15.5. The highest BCUT2D eigenvalue weighted by molar-refractivity contribution is 4.91. The summed E-state index contributed by atoms with van der Waals surface area (Å²) in [6, 6.07) is 0.526. The molecule has 0 aliphatic rings. The molecular weight excluding hydrogens is 236 g/mol. The minimum Gasteiger partial charge on any atom is -0.314 e. The van der Waals surface area contributed by atoms with E-state index >= 15 is 0 Å². The fourth-order valence-corrected chi connectivity index (χ4v) is 2.13. The molecule has 0 aliphatic heterocycles. The molecule has 0 radical (unpaired) electrons. The minimum absolute atomic E-state index is 0.269. The third kappa shape index (κ3) is 5.31. The molecular formula is C15H30N4. The molecule has 1 atom stereocenters. The molecule has 0 saturated heterocycles. The van der Waals surface area contributed by atoms with Crippen molar-refractivity contribution < 1.29 is 0 Å². The first kappa shape index (κ1) is 16.2. The van der Waals surface area contributed by atoms with Crippen molar-refractivity contribution in [3.63, 3.8) is 0 Å². The van der Waals surface area contributed by atoms with E-state index in [1.54, 1.807) is 6.33 Å². The first-order chi connectivity index (χ1) is 8.84. The third-order valence-electron chi connectivity index (χ3n) is 3.56. The van der Waals surface area contributed by atoms with E-state index in [0.717, 1.165) is 31.8 Å². The van der Waals surface area contributed by atoms with Gasteiger partial charge < -0.3 is 5.32 Å². The summed E-state index contributed by atoms with van der Waals surface area (Å²) >= 11 is 0. The van der Waals surface area contributed by atoms with Crippen molar-refractivity contribution in [1.29, 1.82) is 0 Å². The van der Waals surface area contributed by atoms with Crippen LogP contribution in [-0.4, -0.2) is 27.4 Å². The molecule has 1 aromatic rings. The average molecular weight is 266 g/mol. The molecule has 0 saturated carbocycles. The number of hydrogen-bond donors (Lipinski definition) is 1. The Morgan fingerprint density at radius 2 is 2.00 bits per heavy atom. The van der Waals surface area contributed by atoms with Crippen LogP contribution in [0.4, 0.5) is 0 Å². The van der Waals surface area contributed by atoms with Crippen molar-refractivity contribution in [2.24, 2.45) is 11.3 Å². The molecule has 110 valence electrons. The Morgan fingerprint density at radius 3 is 2.53 bits per heavy atom. The first-order valence-corrected chi connectivity index (χ1v) is 7.44. The predicted octanol–water partition coefficient (Wildman–Crippen LogP) is 2.89. The summed E-state index contributed by atoms with van der Waals surface area (Å²) in [7, 11) is 0. The lowest BCUT2D eigenvalue weighted by Gasteiger charge is -2.31. The SMILES string of the molecule is CCCn1ncnc1CC(CNC(C)C)C(C)(C)C. The van der Waals surface area contributed by atoms with Gasteiger partial charge in [0.25, 0.3) is 0 Å². The second-order valence-electron chi connectivity index (χ2n) is 6.73. The van der Waals surface area contributed by atoms with Gasteiger partial charge in [0, 0.05) is 19.0 Å². The highest BCUT2D eigenvalue weighted by Crippen LogP contribution is 2.28. The summed E-state index contributed by atoms with van der Waals surface area (Å²) in [5, 5.41) is 7.88. The van der Waals surface area contributed by atoms with Gasteiger partial charge in [-0.1, -0.05) is 41.5 Å². The van der Waals surface area contributed by atoms with Crippen LogP contribution in [0.1, 0.15) is 53.8 Å². The van der Waals surface area contributed by atoms with E-state index < -0.39 is 0 Å². The van der Waals surface area contributed by atoms with E-state index in [1.807, 2.05) is 4.68 Å². The second-order valence-corrected chi connectivity index (χ2v) is 6.73. The molecule has 0 spiro atoms. The van der Waals surface area contributed by atoms with Gasteiger partial charge in [0.05, 0.1) is 0 Å². The van der Waals surface area contributed by atoms with Crippen molar-refractivity contribution in [2.75, 3.05) is 6.54 Å². The normalized spacial score (nSPS) is 14.1. The number of nitrogens with one attached hydrogen (secondary N) is 1. The standard InChI is InChI=1S/C15H30N4/c1-7-8-19-14(17-11-18-19)9-13(15(4,5)6)10-16-12(2)3/h11-13,16H,7-10H2,1-6H3. The van der Waals surface area contributed by atoms with Gasteiger partial charge in [-0.15, -0.1) is 0 Å². The quantitative estimate of drug-likeness (QED) is 0.825. The minimum atomic E-state index is 0.269. The van der Waals surface area contributed by atoms with Crippen LogP contribution in [-0.2, 0) is 13.0 Å². The van der Waals surface area contributed by atoms with Crippen molar-refractivity contribution in [3.8, 4) is 0 Å². The second kappa shape index (κ2) is 7.04. The van der Waals surface area contributed by atoms with E-state index in [2.05, 4.69) is 56.9 Å². The number of aryl methyl sites for hydroxylation is 1. The average Bonchev–Trinajstić information content (AvgIpc) is 2.70. The Hall–Kier alpha value is -0.900. The molecule has 0 aromatic carbocycles. The zero-order chi connectivity index (χ0) is 14.5. The number of rotatable bonds is 7. The first-order valence-electron chi connectivity index (χ1n) is 7.44. The number of hydrogen-bond acceptors (Lipinski definition) is 3. The maximum Gasteiger partial charge on any atom is 0.138 e. The summed E-state index contributed by atoms with van der Waals surface area (Å²) in [5.74, 6) is 1.68. The maximum atomic E-state index is 4.44. The van der Waals surface area contributed by atoms with Gasteiger partial charge >= 0.3 is 0 Å². The zero-order valence-electron chi connectivity index (χ0n) is 13.4. The van der Waals surface area contributed by atoms with Crippen LogP contribution >= 0.6 is 0 Å². The summed E-state index contributed by atoms with van der Waals surface area (Å²) < 4.78 is 2.05. The molecule has 4 nitrogen and oxygen atoms in total. The van der Waals surface area contributed by atoms with Crippen LogP contribution in [0.3, 0.4) is 0 Å². The molecule has 1 unspecified atom stereocenters. The lowest BCUT2D eigenvalue weighted by molar-refractivity contribution is 0.221. The van der Waals surface area contributed by atoms with Crippen molar-refractivity contribution in [3.05, 3.63) is 12.2 Å². The van der Waals surface area contributed by atoms with Gasteiger partial charge in [-0.05, 0) is 24.3 Å². The van der Waals surface area contributed by atoms with E-state index in [-0.39, 0.29) is 5.41 Å². The van der Waals surface area contributed by atoms with Crippen LogP contribution in [0, 0.1) is 11.3 Å². The Bertz CT molecular complexity index is 362. The zero-order valence-corrected chi connectivity index (χ0v) is 13.4. The van der Waals surface area contributed by atoms with E-state index in [1.165, 1.54) is 0 Å². The summed E-state index contributed by atoms with van der Waals surface area (Å²) in [6.07, 6.45) is 3.77. The van der Waals surface area contributed by atoms with E-state index in [4.69, 9.17) is 0 Å².